The van der Waals surface area contributed by atoms with Crippen LogP contribution in [0, 0.1) is 0 Å². The van der Waals surface area contributed by atoms with Crippen LogP contribution in [-0.2, 0) is 6.54 Å². The summed E-state index contributed by atoms with van der Waals surface area (Å²) >= 11 is 0. The highest BCUT2D eigenvalue weighted by atomic mass is 16.3. The molecule has 0 bridgehead atoms. The summed E-state index contributed by atoms with van der Waals surface area (Å²) in [6.45, 7) is 5.18. The van der Waals surface area contributed by atoms with E-state index in [1.54, 1.807) is 0 Å². The number of hydrogen-bond donors (Lipinski definition) is 1. The number of nitrogens with one attached hydrogen (secondary N) is 1. The predicted octanol–water partition coefficient (Wildman–Crippen LogP) is 3.17. The number of benzene rings is 2. The molecule has 4 aromatic rings. The number of pyridine rings is 1. The number of nitrogens with zero attached hydrogens (tertiary/aromatic N) is 2. The molecule has 0 amide bonds. The van der Waals surface area contributed by atoms with Gasteiger partial charge in [0.2, 0.25) is 0 Å². The first-order chi connectivity index (χ1) is 12.7. The van der Waals surface area contributed by atoms with Crippen molar-refractivity contribution in [1.82, 2.24) is 14.8 Å². The highest BCUT2D eigenvalue weighted by molar-refractivity contribution is 6.12. The summed E-state index contributed by atoms with van der Waals surface area (Å²) in [5.41, 5.74) is 3.55. The van der Waals surface area contributed by atoms with E-state index in [-0.39, 0.29) is 5.56 Å². The van der Waals surface area contributed by atoms with Gasteiger partial charge in [-0.25, -0.2) is 0 Å². The van der Waals surface area contributed by atoms with Gasteiger partial charge in [0.1, 0.15) is 5.58 Å². The van der Waals surface area contributed by atoms with Crippen LogP contribution in [-0.4, -0.2) is 48.0 Å². The van der Waals surface area contributed by atoms with E-state index in [1.807, 2.05) is 30.3 Å². The van der Waals surface area contributed by atoms with Gasteiger partial charge in [-0.3, -0.25) is 9.69 Å². The van der Waals surface area contributed by atoms with Gasteiger partial charge in [0.15, 0.2) is 5.58 Å². The number of piperazine rings is 1. The SMILES string of the molecule is CN1CCN(Cc2cccc3c2oc2c4ccccc4c(=O)[nH]c32)CC1. The Hall–Kier alpha value is -2.63. The molecule has 0 unspecified atom stereocenters. The number of fused-ring (bicyclic) bond motifs is 5. The Balaban J connectivity index is 1.68. The largest absolute Gasteiger partial charge is 0.453 e. The van der Waals surface area contributed by atoms with Crippen molar-refractivity contribution >= 4 is 32.8 Å². The van der Waals surface area contributed by atoms with E-state index in [1.165, 1.54) is 5.56 Å². The zero-order valence-electron chi connectivity index (χ0n) is 14.8. The van der Waals surface area contributed by atoms with E-state index in [2.05, 4.69) is 34.0 Å². The fourth-order valence-electron chi connectivity index (χ4n) is 3.92. The lowest BCUT2D eigenvalue weighted by Gasteiger charge is -2.32. The highest BCUT2D eigenvalue weighted by Gasteiger charge is 2.18. The normalized spacial score (nSPS) is 16.8. The molecule has 1 fully saturated rings. The van der Waals surface area contributed by atoms with Crippen molar-refractivity contribution in [3.63, 3.8) is 0 Å². The summed E-state index contributed by atoms with van der Waals surface area (Å²) in [5.74, 6) is 0. The second-order valence-electron chi connectivity index (χ2n) is 7.18. The molecule has 1 N–H and O–H groups in total. The average Bonchev–Trinajstić information content (AvgIpc) is 3.04. The lowest BCUT2D eigenvalue weighted by atomic mass is 10.1. The van der Waals surface area contributed by atoms with Crippen LogP contribution in [0.25, 0.3) is 32.8 Å². The number of likely N-dealkylation sites (N-methyl/N-ethyl adjacent to an activating group) is 1. The van der Waals surface area contributed by atoms with Crippen molar-refractivity contribution < 1.29 is 4.42 Å². The molecule has 132 valence electrons. The molecule has 1 aliphatic rings. The molecule has 0 saturated carbocycles. The number of rotatable bonds is 2. The number of para-hydroxylation sites is 1. The van der Waals surface area contributed by atoms with Gasteiger partial charge in [-0.2, -0.15) is 0 Å². The standard InChI is InChI=1S/C21H21N3O2/c1-23-9-11-24(12-10-23)13-14-5-4-8-17-18-20(26-19(14)17)15-6-2-3-7-16(15)21(25)22-18/h2-8H,9-13H2,1H3,(H,22,25). The maximum Gasteiger partial charge on any atom is 0.256 e. The van der Waals surface area contributed by atoms with E-state index < -0.39 is 0 Å². The van der Waals surface area contributed by atoms with Crippen LogP contribution < -0.4 is 5.56 Å². The second kappa shape index (κ2) is 5.97. The molecule has 2 aromatic carbocycles. The summed E-state index contributed by atoms with van der Waals surface area (Å²) in [6.07, 6.45) is 0. The molecular weight excluding hydrogens is 326 g/mol. The van der Waals surface area contributed by atoms with Crippen LogP contribution in [0.4, 0.5) is 0 Å². The van der Waals surface area contributed by atoms with Gasteiger partial charge in [0, 0.05) is 49.1 Å². The van der Waals surface area contributed by atoms with Gasteiger partial charge in [-0.1, -0.05) is 30.3 Å². The van der Waals surface area contributed by atoms with Gasteiger partial charge in [0.05, 0.1) is 10.9 Å². The molecule has 0 atom stereocenters. The summed E-state index contributed by atoms with van der Waals surface area (Å²) in [6, 6.07) is 13.8. The molecule has 0 spiro atoms. The van der Waals surface area contributed by atoms with Crippen LogP contribution in [0.1, 0.15) is 5.56 Å². The number of aromatic nitrogens is 1. The first-order valence-electron chi connectivity index (χ1n) is 9.07. The highest BCUT2D eigenvalue weighted by Crippen LogP contribution is 2.33. The Labute approximate surface area is 150 Å². The third kappa shape index (κ3) is 2.43. The van der Waals surface area contributed by atoms with Crippen LogP contribution in [0.2, 0.25) is 0 Å². The van der Waals surface area contributed by atoms with Crippen molar-refractivity contribution in [3.05, 3.63) is 58.4 Å². The zero-order chi connectivity index (χ0) is 17.7. The number of furan rings is 1. The number of H-pyrrole nitrogens is 1. The van der Waals surface area contributed by atoms with Crippen molar-refractivity contribution in [2.75, 3.05) is 33.2 Å². The van der Waals surface area contributed by atoms with E-state index >= 15 is 0 Å². The molecule has 26 heavy (non-hydrogen) atoms. The molecular formula is C21H21N3O2. The molecule has 0 aliphatic carbocycles. The lowest BCUT2D eigenvalue weighted by molar-refractivity contribution is 0.148. The Morgan fingerprint density at radius 3 is 2.46 bits per heavy atom. The van der Waals surface area contributed by atoms with E-state index in [4.69, 9.17) is 4.42 Å². The van der Waals surface area contributed by atoms with Crippen LogP contribution in [0.3, 0.4) is 0 Å². The quantitative estimate of drug-likeness (QED) is 0.605. The Morgan fingerprint density at radius 2 is 1.65 bits per heavy atom. The van der Waals surface area contributed by atoms with Gasteiger partial charge in [0.25, 0.3) is 5.56 Å². The van der Waals surface area contributed by atoms with Crippen molar-refractivity contribution in [3.8, 4) is 0 Å². The fourth-order valence-corrected chi connectivity index (χ4v) is 3.92. The smallest absolute Gasteiger partial charge is 0.256 e. The van der Waals surface area contributed by atoms with Crippen molar-refractivity contribution in [2.45, 2.75) is 6.54 Å². The Kier molecular flexibility index (Phi) is 3.58. The molecule has 1 aliphatic heterocycles. The first-order valence-corrected chi connectivity index (χ1v) is 9.07. The lowest BCUT2D eigenvalue weighted by Crippen LogP contribution is -2.43. The van der Waals surface area contributed by atoms with Crippen LogP contribution >= 0.6 is 0 Å². The fraction of sp³-hybridized carbons (Fsp3) is 0.286. The maximum atomic E-state index is 12.5. The Morgan fingerprint density at radius 1 is 0.923 bits per heavy atom. The molecule has 3 heterocycles. The third-order valence-electron chi connectivity index (χ3n) is 5.44. The minimum absolute atomic E-state index is 0.0692. The molecule has 5 rings (SSSR count). The van der Waals surface area contributed by atoms with Crippen molar-refractivity contribution in [1.29, 1.82) is 0 Å². The molecule has 0 radical (unpaired) electrons. The molecule has 5 heteroatoms. The second-order valence-corrected chi connectivity index (χ2v) is 7.18. The minimum atomic E-state index is -0.0692. The molecule has 1 saturated heterocycles. The van der Waals surface area contributed by atoms with Gasteiger partial charge in [-0.05, 0) is 19.2 Å². The number of hydrogen-bond acceptors (Lipinski definition) is 4. The summed E-state index contributed by atoms with van der Waals surface area (Å²) in [5, 5.41) is 2.52. The van der Waals surface area contributed by atoms with E-state index in [0.29, 0.717) is 5.39 Å². The Bertz CT molecular complexity index is 1170. The van der Waals surface area contributed by atoms with E-state index in [0.717, 1.165) is 60.2 Å². The molecule has 2 aromatic heterocycles. The summed E-state index contributed by atoms with van der Waals surface area (Å²) in [7, 11) is 2.17. The predicted molar refractivity (Wildman–Crippen MR) is 105 cm³/mol. The third-order valence-corrected chi connectivity index (χ3v) is 5.44. The summed E-state index contributed by atoms with van der Waals surface area (Å²) < 4.78 is 6.31. The van der Waals surface area contributed by atoms with Gasteiger partial charge in [-0.15, -0.1) is 0 Å². The van der Waals surface area contributed by atoms with Crippen LogP contribution in [0.15, 0.2) is 51.7 Å². The van der Waals surface area contributed by atoms with Gasteiger partial charge >= 0.3 is 0 Å². The minimum Gasteiger partial charge on any atom is -0.453 e. The topological polar surface area (TPSA) is 52.5 Å². The van der Waals surface area contributed by atoms with Crippen LogP contribution in [0.5, 0.6) is 0 Å². The van der Waals surface area contributed by atoms with Gasteiger partial charge < -0.3 is 14.3 Å². The molecule has 5 nitrogen and oxygen atoms in total. The monoisotopic (exact) mass is 347 g/mol. The van der Waals surface area contributed by atoms with Crippen molar-refractivity contribution in [2.24, 2.45) is 0 Å². The van der Waals surface area contributed by atoms with E-state index in [9.17, 15) is 4.79 Å². The summed E-state index contributed by atoms with van der Waals surface area (Å²) in [4.78, 5) is 20.3. The average molecular weight is 347 g/mol. The number of aromatic amines is 1. The first kappa shape index (κ1) is 15.6. The zero-order valence-corrected chi connectivity index (χ0v) is 14.8. The maximum absolute atomic E-state index is 12.5.